The maximum atomic E-state index is 6.07. The summed E-state index contributed by atoms with van der Waals surface area (Å²) in [5.74, 6) is 0.430. The SMILES string of the molecule is COCc1ccccc1NC(N)=NCC(C)(C)Cc1ccccc1. The van der Waals surface area contributed by atoms with Gasteiger partial charge in [0.2, 0.25) is 0 Å². The molecule has 0 heterocycles. The van der Waals surface area contributed by atoms with Crippen LogP contribution in [0.25, 0.3) is 0 Å². The van der Waals surface area contributed by atoms with E-state index in [1.165, 1.54) is 5.56 Å². The molecule has 0 atom stereocenters. The molecule has 0 unspecified atom stereocenters. The lowest BCUT2D eigenvalue weighted by Gasteiger charge is -2.23. The minimum absolute atomic E-state index is 0.0414. The van der Waals surface area contributed by atoms with Crippen molar-refractivity contribution in [3.63, 3.8) is 0 Å². The van der Waals surface area contributed by atoms with Gasteiger partial charge in [-0.1, -0.05) is 62.4 Å². The Morgan fingerprint density at radius 2 is 1.75 bits per heavy atom. The molecule has 4 nitrogen and oxygen atoms in total. The second kappa shape index (κ2) is 8.50. The molecule has 4 heteroatoms. The number of para-hydroxylation sites is 1. The van der Waals surface area contributed by atoms with Crippen LogP contribution in [0, 0.1) is 5.41 Å². The summed E-state index contributed by atoms with van der Waals surface area (Å²) in [6.07, 6.45) is 0.963. The average molecular weight is 325 g/mol. The summed E-state index contributed by atoms with van der Waals surface area (Å²) in [5.41, 5.74) is 9.41. The van der Waals surface area contributed by atoms with Crippen molar-refractivity contribution in [2.24, 2.45) is 16.1 Å². The van der Waals surface area contributed by atoms with Crippen LogP contribution in [-0.4, -0.2) is 19.6 Å². The van der Waals surface area contributed by atoms with Crippen molar-refractivity contribution in [1.29, 1.82) is 0 Å². The van der Waals surface area contributed by atoms with Crippen molar-refractivity contribution in [2.45, 2.75) is 26.9 Å². The van der Waals surface area contributed by atoms with Gasteiger partial charge >= 0.3 is 0 Å². The molecule has 0 fully saturated rings. The van der Waals surface area contributed by atoms with Crippen molar-refractivity contribution in [2.75, 3.05) is 19.0 Å². The predicted octanol–water partition coefficient (Wildman–Crippen LogP) is 3.83. The zero-order valence-electron chi connectivity index (χ0n) is 14.8. The fourth-order valence-corrected chi connectivity index (χ4v) is 2.60. The van der Waals surface area contributed by atoms with Gasteiger partial charge in [0.05, 0.1) is 6.61 Å². The number of methoxy groups -OCH3 is 1. The summed E-state index contributed by atoms with van der Waals surface area (Å²) in [6.45, 7) is 5.61. The number of nitrogens with zero attached hydrogens (tertiary/aromatic N) is 1. The quantitative estimate of drug-likeness (QED) is 0.601. The first kappa shape index (κ1) is 18.0. The Bertz CT molecular complexity index is 666. The zero-order chi connectivity index (χ0) is 17.4. The number of benzene rings is 2. The van der Waals surface area contributed by atoms with Crippen molar-refractivity contribution in [3.8, 4) is 0 Å². The summed E-state index contributed by atoms with van der Waals surface area (Å²) in [4.78, 5) is 4.53. The third-order valence-electron chi connectivity index (χ3n) is 3.78. The summed E-state index contributed by atoms with van der Waals surface area (Å²) in [7, 11) is 1.68. The van der Waals surface area contributed by atoms with Gasteiger partial charge in [0.1, 0.15) is 0 Å². The van der Waals surface area contributed by atoms with E-state index in [0.717, 1.165) is 17.7 Å². The van der Waals surface area contributed by atoms with Crippen LogP contribution >= 0.6 is 0 Å². The van der Waals surface area contributed by atoms with Gasteiger partial charge in [0.25, 0.3) is 0 Å². The molecule has 0 spiro atoms. The molecule has 24 heavy (non-hydrogen) atoms. The molecule has 0 amide bonds. The van der Waals surface area contributed by atoms with Crippen LogP contribution < -0.4 is 11.1 Å². The molecule has 0 saturated heterocycles. The highest BCUT2D eigenvalue weighted by Crippen LogP contribution is 2.22. The highest BCUT2D eigenvalue weighted by Gasteiger charge is 2.18. The van der Waals surface area contributed by atoms with Gasteiger partial charge in [-0.25, -0.2) is 0 Å². The number of ether oxygens (including phenoxy) is 1. The van der Waals surface area contributed by atoms with Gasteiger partial charge in [-0.3, -0.25) is 4.99 Å². The molecule has 0 saturated carbocycles. The molecule has 128 valence electrons. The third-order valence-corrected chi connectivity index (χ3v) is 3.78. The Hall–Kier alpha value is -2.33. The Balaban J connectivity index is 1.98. The maximum absolute atomic E-state index is 6.07. The molecule has 2 aromatic rings. The first-order valence-corrected chi connectivity index (χ1v) is 8.18. The van der Waals surface area contributed by atoms with E-state index in [1.54, 1.807) is 7.11 Å². The minimum Gasteiger partial charge on any atom is -0.380 e. The van der Waals surface area contributed by atoms with Crippen LogP contribution in [0.2, 0.25) is 0 Å². The molecule has 0 aliphatic heterocycles. The van der Waals surface area contributed by atoms with E-state index in [2.05, 4.69) is 48.4 Å². The molecule has 2 rings (SSSR count). The second-order valence-electron chi connectivity index (χ2n) is 6.74. The Kier molecular flexibility index (Phi) is 6.38. The molecular formula is C20H27N3O. The van der Waals surface area contributed by atoms with E-state index in [1.807, 2.05) is 30.3 Å². The molecule has 0 aliphatic rings. The highest BCUT2D eigenvalue weighted by molar-refractivity contribution is 5.93. The van der Waals surface area contributed by atoms with Gasteiger partial charge in [0, 0.05) is 24.9 Å². The van der Waals surface area contributed by atoms with Gasteiger partial charge in [-0.15, -0.1) is 0 Å². The first-order chi connectivity index (χ1) is 11.5. The largest absolute Gasteiger partial charge is 0.380 e. The van der Waals surface area contributed by atoms with E-state index in [9.17, 15) is 0 Å². The number of nitrogens with two attached hydrogens (primary N) is 1. The van der Waals surface area contributed by atoms with E-state index in [0.29, 0.717) is 19.1 Å². The lowest BCUT2D eigenvalue weighted by atomic mass is 9.86. The molecule has 0 aromatic heterocycles. The lowest BCUT2D eigenvalue weighted by Crippen LogP contribution is -2.27. The predicted molar refractivity (Wildman–Crippen MR) is 101 cm³/mol. The topological polar surface area (TPSA) is 59.6 Å². The van der Waals surface area contributed by atoms with Gasteiger partial charge in [-0.2, -0.15) is 0 Å². The van der Waals surface area contributed by atoms with Crippen LogP contribution in [0.3, 0.4) is 0 Å². The summed E-state index contributed by atoms with van der Waals surface area (Å²) >= 11 is 0. The Morgan fingerprint density at radius 3 is 2.46 bits per heavy atom. The lowest BCUT2D eigenvalue weighted by molar-refractivity contribution is 0.185. The number of anilines is 1. The molecule has 3 N–H and O–H groups in total. The van der Waals surface area contributed by atoms with Crippen LogP contribution in [0.4, 0.5) is 5.69 Å². The van der Waals surface area contributed by atoms with Crippen molar-refractivity contribution >= 4 is 11.6 Å². The monoisotopic (exact) mass is 325 g/mol. The number of rotatable bonds is 7. The molecule has 0 radical (unpaired) electrons. The average Bonchev–Trinajstić information content (AvgIpc) is 2.56. The minimum atomic E-state index is 0.0414. The zero-order valence-corrected chi connectivity index (χ0v) is 14.8. The standard InChI is InChI=1S/C20H27N3O/c1-20(2,13-16-9-5-4-6-10-16)15-22-19(21)23-18-12-8-7-11-17(18)14-24-3/h4-12H,13-15H2,1-3H3,(H3,21,22,23). The van der Waals surface area contributed by atoms with E-state index < -0.39 is 0 Å². The van der Waals surface area contributed by atoms with Crippen LogP contribution in [0.5, 0.6) is 0 Å². The number of hydrogen-bond acceptors (Lipinski definition) is 2. The number of nitrogens with one attached hydrogen (secondary N) is 1. The fourth-order valence-electron chi connectivity index (χ4n) is 2.60. The van der Waals surface area contributed by atoms with Gasteiger partial charge < -0.3 is 15.8 Å². The molecule has 0 aliphatic carbocycles. The maximum Gasteiger partial charge on any atom is 0.193 e. The highest BCUT2D eigenvalue weighted by atomic mass is 16.5. The number of hydrogen-bond donors (Lipinski definition) is 2. The smallest absolute Gasteiger partial charge is 0.193 e. The molecular weight excluding hydrogens is 298 g/mol. The van der Waals surface area contributed by atoms with Gasteiger partial charge in [-0.05, 0) is 23.5 Å². The normalized spacial score (nSPS) is 12.2. The number of guanidine groups is 1. The van der Waals surface area contributed by atoms with Crippen LogP contribution in [-0.2, 0) is 17.8 Å². The number of aliphatic imine (C=N–C) groups is 1. The first-order valence-electron chi connectivity index (χ1n) is 8.18. The Morgan fingerprint density at radius 1 is 1.08 bits per heavy atom. The van der Waals surface area contributed by atoms with E-state index in [-0.39, 0.29) is 5.41 Å². The summed E-state index contributed by atoms with van der Waals surface area (Å²) < 4.78 is 5.21. The fraction of sp³-hybridized carbons (Fsp3) is 0.350. The van der Waals surface area contributed by atoms with Crippen LogP contribution in [0.1, 0.15) is 25.0 Å². The second-order valence-corrected chi connectivity index (χ2v) is 6.74. The third kappa shape index (κ3) is 5.70. The molecule has 2 aromatic carbocycles. The molecule has 0 bridgehead atoms. The van der Waals surface area contributed by atoms with E-state index >= 15 is 0 Å². The van der Waals surface area contributed by atoms with Crippen molar-refractivity contribution in [3.05, 3.63) is 65.7 Å². The van der Waals surface area contributed by atoms with Crippen molar-refractivity contribution < 1.29 is 4.74 Å². The van der Waals surface area contributed by atoms with Crippen LogP contribution in [0.15, 0.2) is 59.6 Å². The Labute approximate surface area is 144 Å². The summed E-state index contributed by atoms with van der Waals surface area (Å²) in [5, 5.41) is 3.18. The van der Waals surface area contributed by atoms with E-state index in [4.69, 9.17) is 10.5 Å². The summed E-state index contributed by atoms with van der Waals surface area (Å²) in [6, 6.07) is 18.4. The van der Waals surface area contributed by atoms with Crippen molar-refractivity contribution in [1.82, 2.24) is 0 Å². The van der Waals surface area contributed by atoms with Gasteiger partial charge in [0.15, 0.2) is 5.96 Å².